The molecule has 2 aromatic rings. The van der Waals surface area contributed by atoms with Gasteiger partial charge in [-0.05, 0) is 47.0 Å². The van der Waals surface area contributed by atoms with E-state index in [9.17, 15) is 0 Å². The van der Waals surface area contributed by atoms with Gasteiger partial charge >= 0.3 is 0 Å². The zero-order valence-electron chi connectivity index (χ0n) is 10.4. The lowest BCUT2D eigenvalue weighted by atomic mass is 10.1. The SMILES string of the molecule is CC(N)Cc1ccc(Oc2cncc(Cl)c2)c(Br)c1. The second-order valence-corrected chi connectivity index (χ2v) is 5.68. The van der Waals surface area contributed by atoms with Crippen LogP contribution in [0.1, 0.15) is 12.5 Å². The molecule has 0 aliphatic carbocycles. The highest BCUT2D eigenvalue weighted by Crippen LogP contribution is 2.31. The van der Waals surface area contributed by atoms with E-state index in [4.69, 9.17) is 22.1 Å². The Morgan fingerprint density at radius 1 is 1.37 bits per heavy atom. The van der Waals surface area contributed by atoms with Crippen LogP contribution in [0.3, 0.4) is 0 Å². The van der Waals surface area contributed by atoms with E-state index in [-0.39, 0.29) is 6.04 Å². The molecule has 0 amide bonds. The molecule has 0 aliphatic rings. The summed E-state index contributed by atoms with van der Waals surface area (Å²) in [6, 6.07) is 7.77. The molecule has 0 saturated carbocycles. The van der Waals surface area contributed by atoms with Gasteiger partial charge in [0.2, 0.25) is 0 Å². The number of aromatic nitrogens is 1. The summed E-state index contributed by atoms with van der Waals surface area (Å²) in [6.07, 6.45) is 4.01. The lowest BCUT2D eigenvalue weighted by Gasteiger charge is -2.10. The molecule has 0 aliphatic heterocycles. The minimum Gasteiger partial charge on any atom is -0.455 e. The Morgan fingerprint density at radius 2 is 2.16 bits per heavy atom. The van der Waals surface area contributed by atoms with E-state index in [0.717, 1.165) is 16.6 Å². The highest BCUT2D eigenvalue weighted by molar-refractivity contribution is 9.10. The molecule has 1 atom stereocenters. The number of benzene rings is 1. The van der Waals surface area contributed by atoms with Gasteiger partial charge in [-0.15, -0.1) is 0 Å². The molecule has 2 rings (SSSR count). The van der Waals surface area contributed by atoms with Gasteiger partial charge in [0.05, 0.1) is 15.7 Å². The molecule has 1 aromatic heterocycles. The van der Waals surface area contributed by atoms with Crippen LogP contribution in [0.2, 0.25) is 5.02 Å². The molecule has 19 heavy (non-hydrogen) atoms. The number of halogens is 2. The third kappa shape index (κ3) is 4.20. The predicted octanol–water partition coefficient (Wildman–Crippen LogP) is 4.18. The quantitative estimate of drug-likeness (QED) is 0.907. The summed E-state index contributed by atoms with van der Waals surface area (Å²) in [7, 11) is 0. The number of ether oxygens (including phenoxy) is 1. The number of hydrogen-bond acceptors (Lipinski definition) is 3. The van der Waals surface area contributed by atoms with E-state index in [2.05, 4.69) is 20.9 Å². The maximum atomic E-state index is 5.87. The summed E-state index contributed by atoms with van der Waals surface area (Å²) in [5.41, 5.74) is 6.95. The summed E-state index contributed by atoms with van der Waals surface area (Å²) < 4.78 is 6.61. The average molecular weight is 342 g/mol. The standard InChI is InChI=1S/C14H14BrClN2O/c1-9(17)4-10-2-3-14(13(15)5-10)19-12-6-11(16)7-18-8-12/h2-3,5-9H,4,17H2,1H3. The molecule has 0 spiro atoms. The second-order valence-electron chi connectivity index (χ2n) is 4.39. The van der Waals surface area contributed by atoms with Crippen LogP contribution in [0.15, 0.2) is 41.1 Å². The fourth-order valence-electron chi connectivity index (χ4n) is 1.70. The van der Waals surface area contributed by atoms with Crippen LogP contribution in [0.5, 0.6) is 11.5 Å². The van der Waals surface area contributed by atoms with Gasteiger partial charge < -0.3 is 10.5 Å². The van der Waals surface area contributed by atoms with Gasteiger partial charge in [0.25, 0.3) is 0 Å². The van der Waals surface area contributed by atoms with Crippen LogP contribution in [0, 0.1) is 0 Å². The van der Waals surface area contributed by atoms with Crippen molar-refractivity contribution in [3.8, 4) is 11.5 Å². The number of pyridine rings is 1. The summed E-state index contributed by atoms with van der Waals surface area (Å²) in [5.74, 6) is 1.32. The van der Waals surface area contributed by atoms with Crippen LogP contribution >= 0.6 is 27.5 Å². The van der Waals surface area contributed by atoms with E-state index < -0.39 is 0 Å². The van der Waals surface area contributed by atoms with E-state index in [1.165, 1.54) is 5.56 Å². The largest absolute Gasteiger partial charge is 0.455 e. The number of rotatable bonds is 4. The molecule has 1 unspecified atom stereocenters. The van der Waals surface area contributed by atoms with Gasteiger partial charge in [0.1, 0.15) is 11.5 Å². The van der Waals surface area contributed by atoms with E-state index in [1.54, 1.807) is 18.5 Å². The molecule has 5 heteroatoms. The molecular formula is C14H14BrClN2O. The van der Waals surface area contributed by atoms with Crippen molar-refractivity contribution < 1.29 is 4.74 Å². The van der Waals surface area contributed by atoms with E-state index in [0.29, 0.717) is 10.8 Å². The van der Waals surface area contributed by atoms with Crippen LogP contribution in [-0.2, 0) is 6.42 Å². The van der Waals surface area contributed by atoms with Crippen LogP contribution in [0.4, 0.5) is 0 Å². The Bertz CT molecular complexity index is 575. The lowest BCUT2D eigenvalue weighted by Crippen LogP contribution is -2.17. The molecule has 0 saturated heterocycles. The van der Waals surface area contributed by atoms with Gasteiger partial charge in [0.15, 0.2) is 0 Å². The molecule has 1 aromatic carbocycles. The first-order valence-electron chi connectivity index (χ1n) is 5.87. The van der Waals surface area contributed by atoms with Crippen molar-refractivity contribution in [3.63, 3.8) is 0 Å². The third-order valence-corrected chi connectivity index (χ3v) is 3.29. The smallest absolute Gasteiger partial charge is 0.147 e. The van der Waals surface area contributed by atoms with Crippen molar-refractivity contribution in [1.82, 2.24) is 4.98 Å². The Morgan fingerprint density at radius 3 is 2.79 bits per heavy atom. The molecule has 0 fully saturated rings. The fourth-order valence-corrected chi connectivity index (χ4v) is 2.37. The molecular weight excluding hydrogens is 328 g/mol. The first-order chi connectivity index (χ1) is 9.04. The monoisotopic (exact) mass is 340 g/mol. The number of hydrogen-bond donors (Lipinski definition) is 1. The summed E-state index contributed by atoms with van der Waals surface area (Å²) in [6.45, 7) is 1.98. The van der Waals surface area contributed by atoms with Gasteiger partial charge in [-0.25, -0.2) is 0 Å². The van der Waals surface area contributed by atoms with E-state index >= 15 is 0 Å². The van der Waals surface area contributed by atoms with E-state index in [1.807, 2.05) is 25.1 Å². The van der Waals surface area contributed by atoms with Gasteiger partial charge in [-0.2, -0.15) is 0 Å². The van der Waals surface area contributed by atoms with Gasteiger partial charge in [-0.1, -0.05) is 17.7 Å². The van der Waals surface area contributed by atoms with Crippen molar-refractivity contribution >= 4 is 27.5 Å². The topological polar surface area (TPSA) is 48.1 Å². The normalized spacial score (nSPS) is 12.2. The Kier molecular flexibility index (Phi) is 4.80. The summed E-state index contributed by atoms with van der Waals surface area (Å²) in [5, 5.41) is 0.544. The van der Waals surface area contributed by atoms with Crippen LogP contribution < -0.4 is 10.5 Å². The van der Waals surface area contributed by atoms with Crippen molar-refractivity contribution in [3.05, 3.63) is 51.7 Å². The lowest BCUT2D eigenvalue weighted by molar-refractivity contribution is 0.477. The summed E-state index contributed by atoms with van der Waals surface area (Å²) in [4.78, 5) is 3.98. The first kappa shape index (κ1) is 14.3. The molecule has 0 bridgehead atoms. The van der Waals surface area contributed by atoms with Crippen LogP contribution in [-0.4, -0.2) is 11.0 Å². The van der Waals surface area contributed by atoms with Crippen molar-refractivity contribution in [2.24, 2.45) is 5.73 Å². The number of nitrogens with two attached hydrogens (primary N) is 1. The Balaban J connectivity index is 2.17. The van der Waals surface area contributed by atoms with Crippen molar-refractivity contribution in [2.75, 3.05) is 0 Å². The zero-order chi connectivity index (χ0) is 13.8. The fraction of sp³-hybridized carbons (Fsp3) is 0.214. The summed E-state index contributed by atoms with van der Waals surface area (Å²) >= 11 is 9.36. The van der Waals surface area contributed by atoms with Crippen molar-refractivity contribution in [1.29, 1.82) is 0 Å². The molecule has 3 nitrogen and oxygen atoms in total. The maximum Gasteiger partial charge on any atom is 0.147 e. The predicted molar refractivity (Wildman–Crippen MR) is 80.8 cm³/mol. The van der Waals surface area contributed by atoms with Gasteiger partial charge in [0, 0.05) is 18.3 Å². The minimum atomic E-state index is 0.135. The Hall–Kier alpha value is -1.10. The van der Waals surface area contributed by atoms with Gasteiger partial charge in [-0.3, -0.25) is 4.98 Å². The maximum absolute atomic E-state index is 5.87. The second kappa shape index (κ2) is 6.37. The first-order valence-corrected chi connectivity index (χ1v) is 7.04. The van der Waals surface area contributed by atoms with Crippen molar-refractivity contribution in [2.45, 2.75) is 19.4 Å². The van der Waals surface area contributed by atoms with Crippen LogP contribution in [0.25, 0.3) is 0 Å². The average Bonchev–Trinajstić information content (AvgIpc) is 2.32. The molecule has 1 heterocycles. The third-order valence-electron chi connectivity index (χ3n) is 2.46. The number of nitrogens with zero attached hydrogens (tertiary/aromatic N) is 1. The highest BCUT2D eigenvalue weighted by atomic mass is 79.9. The minimum absolute atomic E-state index is 0.135. The Labute approximate surface area is 125 Å². The molecule has 0 radical (unpaired) electrons. The molecule has 100 valence electrons. The molecule has 2 N–H and O–H groups in total. The zero-order valence-corrected chi connectivity index (χ0v) is 12.8. The highest BCUT2D eigenvalue weighted by Gasteiger charge is 2.06.